The predicted molar refractivity (Wildman–Crippen MR) is 103 cm³/mol. The van der Waals surface area contributed by atoms with Crippen molar-refractivity contribution in [2.45, 2.75) is 100 Å². The van der Waals surface area contributed by atoms with Crippen LogP contribution in [0.4, 0.5) is 0 Å². The zero-order chi connectivity index (χ0) is 23.7. The number of hydrogen-bond donors (Lipinski definition) is 10. The fourth-order valence-electron chi connectivity index (χ4n) is 3.17. The summed E-state index contributed by atoms with van der Waals surface area (Å²) in [5, 5.41) is 85.0. The molecular weight excluding hydrogens is 422 g/mol. The Kier molecular flexibility index (Phi) is 12.8. The molecule has 2 aliphatic rings. The van der Waals surface area contributed by atoms with Gasteiger partial charge >= 0.3 is 0 Å². The van der Waals surface area contributed by atoms with E-state index in [-0.39, 0.29) is 0 Å². The number of unbranched alkanes of at least 4 members (excludes halogenated alkanes) is 2. The van der Waals surface area contributed by atoms with Crippen LogP contribution in [0.15, 0.2) is 0 Å². The van der Waals surface area contributed by atoms with Crippen LogP contribution in [0, 0.1) is 0 Å². The van der Waals surface area contributed by atoms with Crippen molar-refractivity contribution in [3.05, 3.63) is 0 Å². The van der Waals surface area contributed by atoms with Crippen LogP contribution in [0.1, 0.15) is 32.6 Å². The van der Waals surface area contributed by atoms with Crippen molar-refractivity contribution < 1.29 is 60.2 Å². The van der Waals surface area contributed by atoms with Crippen LogP contribution in [-0.2, 0) is 14.2 Å². The van der Waals surface area contributed by atoms with E-state index in [9.17, 15) is 35.7 Å². The second kappa shape index (κ2) is 13.9. The summed E-state index contributed by atoms with van der Waals surface area (Å²) in [5.74, 6) is 0. The van der Waals surface area contributed by atoms with Gasteiger partial charge in [-0.05, 0) is 12.8 Å². The SMILES string of the molecule is CCCCCC(N)O.OC[C@H]1O[C@@H](O[C@H]2[C@H](O)[C@@H](O)C(O)O[C@@H]2CO)[C@H](O)[C@@H](O)[C@H]1O. The monoisotopic (exact) mass is 459 g/mol. The molecule has 0 bridgehead atoms. The molecule has 0 aliphatic carbocycles. The van der Waals surface area contributed by atoms with Crippen molar-refractivity contribution in [3.8, 4) is 0 Å². The summed E-state index contributed by atoms with van der Waals surface area (Å²) >= 11 is 0. The average molecular weight is 459 g/mol. The molecule has 0 saturated carbocycles. The minimum atomic E-state index is -1.74. The first kappa shape index (κ1) is 28.5. The van der Waals surface area contributed by atoms with Crippen molar-refractivity contribution in [3.63, 3.8) is 0 Å². The first-order valence-corrected chi connectivity index (χ1v) is 10.3. The third-order valence-corrected chi connectivity index (χ3v) is 5.08. The van der Waals surface area contributed by atoms with Crippen LogP contribution in [-0.4, -0.2) is 127 Å². The first-order chi connectivity index (χ1) is 14.6. The van der Waals surface area contributed by atoms with Gasteiger partial charge in [0.15, 0.2) is 12.6 Å². The Morgan fingerprint density at radius 1 is 0.806 bits per heavy atom. The quantitative estimate of drug-likeness (QED) is 0.122. The Hall–Kier alpha value is -0.520. The summed E-state index contributed by atoms with van der Waals surface area (Å²) in [6.45, 7) is 0.783. The van der Waals surface area contributed by atoms with Gasteiger partial charge in [-0.1, -0.05) is 19.8 Å². The number of ether oxygens (including phenoxy) is 3. The van der Waals surface area contributed by atoms with Crippen molar-refractivity contribution in [2.75, 3.05) is 13.2 Å². The molecule has 0 aromatic heterocycles. The van der Waals surface area contributed by atoms with Gasteiger partial charge in [0.2, 0.25) is 0 Å². The molecule has 11 N–H and O–H groups in total. The van der Waals surface area contributed by atoms with Crippen molar-refractivity contribution >= 4 is 0 Å². The second-order valence-corrected chi connectivity index (χ2v) is 7.59. The Labute approximate surface area is 180 Å². The minimum Gasteiger partial charge on any atom is -0.394 e. The summed E-state index contributed by atoms with van der Waals surface area (Å²) in [5.41, 5.74) is 5.09. The largest absolute Gasteiger partial charge is 0.394 e. The molecule has 186 valence electrons. The van der Waals surface area contributed by atoms with Crippen LogP contribution < -0.4 is 5.73 Å². The van der Waals surface area contributed by atoms with E-state index in [4.69, 9.17) is 30.2 Å². The number of hydrogen-bond acceptors (Lipinski definition) is 13. The van der Waals surface area contributed by atoms with Crippen LogP contribution in [0.25, 0.3) is 0 Å². The lowest BCUT2D eigenvalue weighted by Gasteiger charge is -2.45. The summed E-state index contributed by atoms with van der Waals surface area (Å²) in [7, 11) is 0. The lowest BCUT2D eigenvalue weighted by atomic mass is 9.97. The summed E-state index contributed by atoms with van der Waals surface area (Å²) < 4.78 is 15.3. The van der Waals surface area contributed by atoms with Crippen LogP contribution in [0.2, 0.25) is 0 Å². The fourth-order valence-corrected chi connectivity index (χ4v) is 3.17. The molecule has 0 amide bonds. The van der Waals surface area contributed by atoms with E-state index in [1.165, 1.54) is 12.8 Å². The van der Waals surface area contributed by atoms with Gasteiger partial charge in [-0.3, -0.25) is 0 Å². The van der Waals surface area contributed by atoms with E-state index < -0.39 is 80.9 Å². The average Bonchev–Trinajstić information content (AvgIpc) is 2.74. The Bertz CT molecular complexity index is 482. The number of rotatable bonds is 8. The molecule has 0 radical (unpaired) electrons. The third kappa shape index (κ3) is 8.08. The van der Waals surface area contributed by atoms with E-state index in [1.54, 1.807) is 0 Å². The van der Waals surface area contributed by atoms with Gasteiger partial charge in [-0.25, -0.2) is 0 Å². The molecule has 13 heteroatoms. The number of aliphatic hydroxyl groups is 9. The fraction of sp³-hybridized carbons (Fsp3) is 1.00. The zero-order valence-corrected chi connectivity index (χ0v) is 17.4. The van der Waals surface area contributed by atoms with Gasteiger partial charge in [-0.2, -0.15) is 0 Å². The Morgan fingerprint density at radius 3 is 1.94 bits per heavy atom. The Balaban J connectivity index is 0.000000512. The van der Waals surface area contributed by atoms with Gasteiger partial charge in [0.25, 0.3) is 0 Å². The number of nitrogens with two attached hydrogens (primary N) is 1. The molecule has 2 unspecified atom stereocenters. The van der Waals surface area contributed by atoms with E-state index in [0.717, 1.165) is 12.8 Å². The van der Waals surface area contributed by atoms with E-state index in [2.05, 4.69) is 6.92 Å². The maximum absolute atomic E-state index is 9.94. The summed E-state index contributed by atoms with van der Waals surface area (Å²) in [6.07, 6.45) is -12.0. The summed E-state index contributed by atoms with van der Waals surface area (Å²) in [4.78, 5) is 0. The van der Waals surface area contributed by atoms with Crippen LogP contribution >= 0.6 is 0 Å². The van der Waals surface area contributed by atoms with Crippen LogP contribution in [0.3, 0.4) is 0 Å². The lowest BCUT2D eigenvalue weighted by Crippen LogP contribution is -2.64. The van der Waals surface area contributed by atoms with E-state index >= 15 is 0 Å². The maximum Gasteiger partial charge on any atom is 0.187 e. The predicted octanol–water partition coefficient (Wildman–Crippen LogP) is -4.55. The molecule has 31 heavy (non-hydrogen) atoms. The molecule has 2 rings (SSSR count). The van der Waals surface area contributed by atoms with Gasteiger partial charge in [0.1, 0.15) is 55.1 Å². The molecular formula is C18H37NO12. The lowest BCUT2D eigenvalue weighted by molar-refractivity contribution is -0.355. The molecule has 2 fully saturated rings. The van der Waals surface area contributed by atoms with Gasteiger partial charge in [0.05, 0.1) is 13.2 Å². The van der Waals surface area contributed by atoms with Gasteiger partial charge in [0, 0.05) is 0 Å². The van der Waals surface area contributed by atoms with Gasteiger partial charge in [-0.15, -0.1) is 0 Å². The van der Waals surface area contributed by atoms with Crippen molar-refractivity contribution in [1.29, 1.82) is 0 Å². The number of aliphatic hydroxyl groups excluding tert-OH is 9. The first-order valence-electron chi connectivity index (χ1n) is 10.3. The van der Waals surface area contributed by atoms with Gasteiger partial charge < -0.3 is 65.9 Å². The maximum atomic E-state index is 9.94. The van der Waals surface area contributed by atoms with E-state index in [0.29, 0.717) is 0 Å². The molecule has 2 heterocycles. The molecule has 2 saturated heterocycles. The molecule has 0 spiro atoms. The molecule has 0 aromatic carbocycles. The molecule has 0 aromatic rings. The van der Waals surface area contributed by atoms with Crippen molar-refractivity contribution in [2.24, 2.45) is 5.73 Å². The van der Waals surface area contributed by atoms with Crippen LogP contribution in [0.5, 0.6) is 0 Å². The smallest absolute Gasteiger partial charge is 0.187 e. The Morgan fingerprint density at radius 2 is 1.42 bits per heavy atom. The topological polar surface area (TPSA) is 236 Å². The molecule has 13 nitrogen and oxygen atoms in total. The van der Waals surface area contributed by atoms with Crippen molar-refractivity contribution in [1.82, 2.24) is 0 Å². The highest BCUT2D eigenvalue weighted by Crippen LogP contribution is 2.28. The second-order valence-electron chi connectivity index (χ2n) is 7.59. The highest BCUT2D eigenvalue weighted by molar-refractivity contribution is 4.93. The molecule has 11 atom stereocenters. The third-order valence-electron chi connectivity index (χ3n) is 5.08. The standard InChI is InChI=1S/C12H22O11.C6H15NO/c13-1-3-5(15)6(16)9(19)12(22-3)23-10-4(2-14)21-11(20)8(18)7(10)17;1-2-3-4-5-6(7)8/h3-20H,1-2H2;6,8H,2-5,7H2,1H3/t3-,4-,5+,6+,7-,8-,9-,10-,11?,12+;/m1./s1. The normalized spacial score (nSPS) is 41.9. The summed E-state index contributed by atoms with van der Waals surface area (Å²) in [6, 6.07) is 0. The highest BCUT2D eigenvalue weighted by Gasteiger charge is 2.50. The highest BCUT2D eigenvalue weighted by atomic mass is 16.7. The van der Waals surface area contributed by atoms with E-state index in [1.807, 2.05) is 0 Å². The zero-order valence-electron chi connectivity index (χ0n) is 17.4. The minimum absolute atomic E-state index is 0.596. The molecule has 2 aliphatic heterocycles.